The topological polar surface area (TPSA) is 91.9 Å². The number of methoxy groups -OCH3 is 1. The number of aryl methyl sites for hydroxylation is 1. The van der Waals surface area contributed by atoms with Crippen LogP contribution in [-0.4, -0.2) is 34.8 Å². The standard InChI is InChI=1S/C40H39N3O5S/c1-8-48-39(46)34-35(28-13-10-9-11-14-28)41-40-43(36(34)29-19-17-27(18-20-29)23(2)3)37(44)33(49-40)22-30-21-24(4)42(26(30)6)32-16-12-15-31(25(32)5)38(45)47-7/h9-23,36H,8H2,1-7H3/b33-22+/t36-/m0/s1. The summed E-state index contributed by atoms with van der Waals surface area (Å²) in [6.45, 7) is 12.1. The summed E-state index contributed by atoms with van der Waals surface area (Å²) in [5.74, 6) is -0.583. The molecule has 3 heterocycles. The Morgan fingerprint density at radius 3 is 2.33 bits per heavy atom. The number of fused-ring (bicyclic) bond motifs is 1. The van der Waals surface area contributed by atoms with E-state index in [-0.39, 0.29) is 12.2 Å². The van der Waals surface area contributed by atoms with Gasteiger partial charge >= 0.3 is 11.9 Å². The molecule has 0 spiro atoms. The first-order valence-electron chi connectivity index (χ1n) is 16.3. The van der Waals surface area contributed by atoms with Crippen molar-refractivity contribution in [3.8, 4) is 5.69 Å². The minimum atomic E-state index is -0.745. The lowest BCUT2D eigenvalue weighted by Crippen LogP contribution is -2.40. The molecule has 250 valence electrons. The van der Waals surface area contributed by atoms with Crippen LogP contribution in [0.3, 0.4) is 0 Å². The number of thiazole rings is 1. The number of aromatic nitrogens is 2. The Balaban J connectivity index is 1.58. The second kappa shape index (κ2) is 13.7. The quantitative estimate of drug-likeness (QED) is 0.174. The molecule has 3 aromatic carbocycles. The molecule has 0 bridgehead atoms. The highest BCUT2D eigenvalue weighted by molar-refractivity contribution is 7.07. The summed E-state index contributed by atoms with van der Waals surface area (Å²) in [7, 11) is 1.37. The van der Waals surface area contributed by atoms with Crippen molar-refractivity contribution in [1.29, 1.82) is 0 Å². The van der Waals surface area contributed by atoms with Crippen molar-refractivity contribution < 1.29 is 19.1 Å². The maximum atomic E-state index is 14.5. The number of rotatable bonds is 8. The monoisotopic (exact) mass is 673 g/mol. The first-order valence-corrected chi connectivity index (χ1v) is 17.1. The van der Waals surface area contributed by atoms with Crippen molar-refractivity contribution in [2.75, 3.05) is 13.7 Å². The van der Waals surface area contributed by atoms with Gasteiger partial charge in [-0.3, -0.25) is 9.36 Å². The van der Waals surface area contributed by atoms with Gasteiger partial charge in [-0.05, 0) is 80.1 Å². The van der Waals surface area contributed by atoms with Crippen LogP contribution in [0.15, 0.2) is 94.2 Å². The van der Waals surface area contributed by atoms with Crippen LogP contribution in [0.1, 0.15) is 82.3 Å². The zero-order valence-electron chi connectivity index (χ0n) is 28.7. The van der Waals surface area contributed by atoms with Crippen molar-refractivity contribution >= 4 is 35.0 Å². The van der Waals surface area contributed by atoms with Gasteiger partial charge in [0.15, 0.2) is 4.80 Å². The molecule has 0 aliphatic carbocycles. The van der Waals surface area contributed by atoms with Crippen molar-refractivity contribution in [3.63, 3.8) is 0 Å². The fourth-order valence-corrected chi connectivity index (χ4v) is 7.45. The summed E-state index contributed by atoms with van der Waals surface area (Å²) >= 11 is 1.29. The lowest BCUT2D eigenvalue weighted by molar-refractivity contribution is -0.138. The molecule has 8 nitrogen and oxygen atoms in total. The maximum absolute atomic E-state index is 14.5. The van der Waals surface area contributed by atoms with Gasteiger partial charge in [0.1, 0.15) is 0 Å². The van der Waals surface area contributed by atoms with Crippen LogP contribution >= 0.6 is 11.3 Å². The zero-order valence-corrected chi connectivity index (χ0v) is 29.6. The third kappa shape index (κ3) is 6.10. The van der Waals surface area contributed by atoms with E-state index < -0.39 is 18.0 Å². The molecule has 2 aromatic heterocycles. The summed E-state index contributed by atoms with van der Waals surface area (Å²) in [4.78, 5) is 46.2. The normalized spacial score (nSPS) is 14.5. The molecule has 1 aliphatic heterocycles. The molecule has 0 N–H and O–H groups in total. The number of esters is 2. The Labute approximate surface area is 289 Å². The van der Waals surface area contributed by atoms with E-state index in [4.69, 9.17) is 14.5 Å². The third-order valence-electron chi connectivity index (χ3n) is 9.00. The number of benzene rings is 3. The van der Waals surface area contributed by atoms with Crippen LogP contribution in [-0.2, 0) is 14.3 Å². The van der Waals surface area contributed by atoms with Gasteiger partial charge in [0, 0.05) is 22.6 Å². The molecule has 0 radical (unpaired) electrons. The zero-order chi connectivity index (χ0) is 35.0. The molecule has 1 atom stereocenters. The second-order valence-corrected chi connectivity index (χ2v) is 13.4. The number of ether oxygens (including phenoxy) is 2. The van der Waals surface area contributed by atoms with E-state index in [1.807, 2.05) is 99.6 Å². The summed E-state index contributed by atoms with van der Waals surface area (Å²) in [5.41, 5.74) is 8.14. The van der Waals surface area contributed by atoms with Gasteiger partial charge in [0.2, 0.25) is 0 Å². The Morgan fingerprint density at radius 1 is 0.959 bits per heavy atom. The SMILES string of the molecule is CCOC(=O)C1=C(c2ccccc2)N=c2s/c(=C/c3cc(C)n(-c4cccc(C(=O)OC)c4C)c3C)c(=O)n2[C@H]1c1ccc(C(C)C)cc1. The second-order valence-electron chi connectivity index (χ2n) is 12.4. The van der Waals surface area contributed by atoms with Gasteiger partial charge in [-0.15, -0.1) is 0 Å². The van der Waals surface area contributed by atoms with E-state index in [2.05, 4.69) is 18.4 Å². The smallest absolute Gasteiger partial charge is 0.338 e. The minimum Gasteiger partial charge on any atom is -0.465 e. The fraction of sp³-hybridized carbons (Fsp3) is 0.250. The summed E-state index contributed by atoms with van der Waals surface area (Å²) in [6.07, 6.45) is 1.89. The van der Waals surface area contributed by atoms with E-state index >= 15 is 0 Å². The van der Waals surface area contributed by atoms with Crippen molar-refractivity contribution in [1.82, 2.24) is 9.13 Å². The molecule has 0 saturated heterocycles. The molecule has 0 amide bonds. The molecule has 0 unspecified atom stereocenters. The Morgan fingerprint density at radius 2 is 1.67 bits per heavy atom. The Bertz CT molecular complexity index is 2290. The molecule has 6 rings (SSSR count). The molecule has 0 fully saturated rings. The number of hydrogen-bond donors (Lipinski definition) is 0. The average Bonchev–Trinajstić information content (AvgIpc) is 3.57. The number of carbonyl (C=O) groups excluding carboxylic acids is 2. The van der Waals surface area contributed by atoms with Gasteiger partial charge in [0.25, 0.3) is 5.56 Å². The van der Waals surface area contributed by atoms with Crippen LogP contribution in [0, 0.1) is 20.8 Å². The molecule has 9 heteroatoms. The molecule has 5 aromatic rings. The molecule has 1 aliphatic rings. The third-order valence-corrected chi connectivity index (χ3v) is 9.98. The van der Waals surface area contributed by atoms with Gasteiger partial charge in [0.05, 0.1) is 41.1 Å². The van der Waals surface area contributed by atoms with Crippen LogP contribution in [0.2, 0.25) is 0 Å². The minimum absolute atomic E-state index is 0.186. The molecular weight excluding hydrogens is 635 g/mol. The number of hydrogen-bond acceptors (Lipinski definition) is 7. The van der Waals surface area contributed by atoms with Crippen LogP contribution < -0.4 is 14.9 Å². The summed E-state index contributed by atoms with van der Waals surface area (Å²) < 4.78 is 14.8. The lowest BCUT2D eigenvalue weighted by atomic mass is 9.91. The van der Waals surface area contributed by atoms with Crippen molar-refractivity contribution in [3.05, 3.63) is 149 Å². The first kappa shape index (κ1) is 33.6. The predicted octanol–water partition coefficient (Wildman–Crippen LogP) is 6.56. The van der Waals surface area contributed by atoms with E-state index in [1.54, 1.807) is 17.6 Å². The predicted molar refractivity (Wildman–Crippen MR) is 193 cm³/mol. The van der Waals surface area contributed by atoms with E-state index in [0.717, 1.165) is 44.9 Å². The largest absolute Gasteiger partial charge is 0.465 e. The maximum Gasteiger partial charge on any atom is 0.338 e. The lowest BCUT2D eigenvalue weighted by Gasteiger charge is -2.26. The Kier molecular flexibility index (Phi) is 9.39. The highest BCUT2D eigenvalue weighted by Crippen LogP contribution is 2.36. The highest BCUT2D eigenvalue weighted by atomic mass is 32.1. The first-order chi connectivity index (χ1) is 23.5. The molecule has 49 heavy (non-hydrogen) atoms. The van der Waals surface area contributed by atoms with Gasteiger partial charge in [-0.1, -0.05) is 85.8 Å². The Hall–Kier alpha value is -5.28. The fourth-order valence-electron chi connectivity index (χ4n) is 6.46. The summed E-state index contributed by atoms with van der Waals surface area (Å²) in [6, 6.07) is 24.5. The van der Waals surface area contributed by atoms with Crippen LogP contribution in [0.4, 0.5) is 0 Å². The van der Waals surface area contributed by atoms with Gasteiger partial charge < -0.3 is 14.0 Å². The summed E-state index contributed by atoms with van der Waals surface area (Å²) in [5, 5.41) is 0. The van der Waals surface area contributed by atoms with Gasteiger partial charge in [-0.25, -0.2) is 14.6 Å². The number of carbonyl (C=O) groups is 2. The van der Waals surface area contributed by atoms with Crippen LogP contribution in [0.5, 0.6) is 0 Å². The molecule has 0 saturated carbocycles. The van der Waals surface area contributed by atoms with E-state index in [1.165, 1.54) is 18.4 Å². The number of nitrogens with zero attached hydrogens (tertiary/aromatic N) is 3. The van der Waals surface area contributed by atoms with Gasteiger partial charge in [-0.2, -0.15) is 0 Å². The molecular formula is C40H39N3O5S. The van der Waals surface area contributed by atoms with Crippen molar-refractivity contribution in [2.24, 2.45) is 4.99 Å². The van der Waals surface area contributed by atoms with Crippen LogP contribution in [0.25, 0.3) is 17.5 Å². The van der Waals surface area contributed by atoms with E-state index in [9.17, 15) is 14.4 Å². The average molecular weight is 674 g/mol. The van der Waals surface area contributed by atoms with E-state index in [0.29, 0.717) is 32.1 Å². The van der Waals surface area contributed by atoms with Crippen molar-refractivity contribution in [2.45, 2.75) is 53.5 Å². The highest BCUT2D eigenvalue weighted by Gasteiger charge is 2.35.